The monoisotopic (exact) mass is 420 g/mol. The first-order valence-corrected chi connectivity index (χ1v) is 9.97. The van der Waals surface area contributed by atoms with Crippen molar-refractivity contribution >= 4 is 17.4 Å². The van der Waals surface area contributed by atoms with Crippen LogP contribution in [0.5, 0.6) is 0 Å². The molecule has 1 saturated heterocycles. The molecule has 1 amide bonds. The number of hydrogen-bond acceptors (Lipinski definition) is 6. The van der Waals surface area contributed by atoms with Gasteiger partial charge in [0.15, 0.2) is 0 Å². The molecule has 0 bridgehead atoms. The van der Waals surface area contributed by atoms with Crippen molar-refractivity contribution < 1.29 is 19.1 Å². The SMILES string of the molecule is Cc1c(/C(O)=C2\C(=O)C(=O)N(CCN(C)C)[C@H]2c2ccco2)cnn1-c1ccccc1. The summed E-state index contributed by atoms with van der Waals surface area (Å²) in [6.07, 6.45) is 2.99. The van der Waals surface area contributed by atoms with Gasteiger partial charge < -0.3 is 19.3 Å². The fraction of sp³-hybridized carbons (Fsp3) is 0.261. The van der Waals surface area contributed by atoms with Gasteiger partial charge in [0.25, 0.3) is 11.7 Å². The lowest BCUT2D eigenvalue weighted by molar-refractivity contribution is -0.140. The zero-order valence-corrected chi connectivity index (χ0v) is 17.6. The van der Waals surface area contributed by atoms with Gasteiger partial charge in [0, 0.05) is 13.1 Å². The van der Waals surface area contributed by atoms with Crippen LogP contribution in [-0.4, -0.2) is 63.6 Å². The van der Waals surface area contributed by atoms with E-state index >= 15 is 0 Å². The Labute approximate surface area is 180 Å². The van der Waals surface area contributed by atoms with Crippen LogP contribution in [0.4, 0.5) is 0 Å². The van der Waals surface area contributed by atoms with Crippen LogP contribution in [0.1, 0.15) is 23.1 Å². The largest absolute Gasteiger partial charge is 0.507 e. The van der Waals surface area contributed by atoms with Crippen LogP contribution >= 0.6 is 0 Å². The van der Waals surface area contributed by atoms with Gasteiger partial charge in [-0.2, -0.15) is 5.10 Å². The van der Waals surface area contributed by atoms with Crippen LogP contribution in [0.2, 0.25) is 0 Å². The molecule has 0 saturated carbocycles. The van der Waals surface area contributed by atoms with Crippen molar-refractivity contribution in [3.05, 3.63) is 77.5 Å². The lowest BCUT2D eigenvalue weighted by Gasteiger charge is -2.24. The highest BCUT2D eigenvalue weighted by Crippen LogP contribution is 2.39. The van der Waals surface area contributed by atoms with Gasteiger partial charge in [0.1, 0.15) is 17.6 Å². The number of Topliss-reactive ketones (excluding diaryl/α,β-unsaturated/α-hetero) is 1. The molecule has 1 aliphatic heterocycles. The topological polar surface area (TPSA) is 91.8 Å². The van der Waals surface area contributed by atoms with E-state index in [2.05, 4.69) is 5.10 Å². The molecule has 0 unspecified atom stereocenters. The summed E-state index contributed by atoms with van der Waals surface area (Å²) < 4.78 is 7.23. The van der Waals surface area contributed by atoms with E-state index in [9.17, 15) is 14.7 Å². The van der Waals surface area contributed by atoms with Gasteiger partial charge in [0.2, 0.25) is 0 Å². The summed E-state index contributed by atoms with van der Waals surface area (Å²) in [6, 6.07) is 12.1. The number of carbonyl (C=O) groups excluding carboxylic acids is 2. The highest BCUT2D eigenvalue weighted by Gasteiger charge is 2.47. The number of likely N-dealkylation sites (N-methyl/N-ethyl adjacent to an activating group) is 1. The van der Waals surface area contributed by atoms with E-state index in [0.717, 1.165) is 5.69 Å². The van der Waals surface area contributed by atoms with E-state index in [0.29, 0.717) is 30.1 Å². The molecule has 1 aliphatic rings. The predicted molar refractivity (Wildman–Crippen MR) is 115 cm³/mol. The Morgan fingerprint density at radius 2 is 1.90 bits per heavy atom. The molecule has 1 fully saturated rings. The summed E-state index contributed by atoms with van der Waals surface area (Å²) in [5, 5.41) is 15.6. The standard InChI is InChI=1S/C23H24N4O4/c1-15-17(14-24-27(15)16-8-5-4-6-9-16)21(28)19-20(18-10-7-13-31-18)26(12-11-25(2)3)23(30)22(19)29/h4-10,13-14,20,28H,11-12H2,1-3H3/b21-19+/t20-/m0/s1. The number of rotatable bonds is 6. The summed E-state index contributed by atoms with van der Waals surface area (Å²) in [5.74, 6) is -1.22. The summed E-state index contributed by atoms with van der Waals surface area (Å²) in [7, 11) is 3.78. The zero-order valence-electron chi connectivity index (χ0n) is 17.6. The number of amides is 1. The smallest absolute Gasteiger partial charge is 0.295 e. The number of hydrogen-bond donors (Lipinski definition) is 1. The van der Waals surface area contributed by atoms with Gasteiger partial charge in [-0.3, -0.25) is 9.59 Å². The Hall–Kier alpha value is -3.65. The molecule has 160 valence electrons. The maximum Gasteiger partial charge on any atom is 0.295 e. The fourth-order valence-electron chi connectivity index (χ4n) is 3.78. The quantitative estimate of drug-likeness (QED) is 0.375. The van der Waals surface area contributed by atoms with Crippen molar-refractivity contribution in [2.24, 2.45) is 0 Å². The lowest BCUT2D eigenvalue weighted by atomic mass is 9.99. The normalized spacial score (nSPS) is 18.3. The highest BCUT2D eigenvalue weighted by molar-refractivity contribution is 6.46. The van der Waals surface area contributed by atoms with Crippen molar-refractivity contribution in [1.29, 1.82) is 0 Å². The van der Waals surface area contributed by atoms with Crippen LogP contribution in [0.15, 0.2) is 64.9 Å². The second-order valence-electron chi connectivity index (χ2n) is 7.70. The number of benzene rings is 1. The number of carbonyl (C=O) groups is 2. The molecule has 3 aromatic rings. The summed E-state index contributed by atoms with van der Waals surface area (Å²) in [5.41, 5.74) is 1.88. The molecule has 0 aliphatic carbocycles. The number of ketones is 1. The van der Waals surface area contributed by atoms with Crippen molar-refractivity contribution in [2.45, 2.75) is 13.0 Å². The molecule has 1 N–H and O–H groups in total. The number of aliphatic hydroxyl groups excluding tert-OH is 1. The highest BCUT2D eigenvalue weighted by atomic mass is 16.3. The number of likely N-dealkylation sites (tertiary alicyclic amines) is 1. The Balaban J connectivity index is 1.81. The molecule has 4 rings (SSSR count). The lowest BCUT2D eigenvalue weighted by Crippen LogP contribution is -2.35. The molecule has 0 spiro atoms. The Bertz CT molecular complexity index is 1130. The number of para-hydroxylation sites is 1. The van der Waals surface area contributed by atoms with Gasteiger partial charge >= 0.3 is 0 Å². The van der Waals surface area contributed by atoms with Crippen molar-refractivity contribution in [3.8, 4) is 5.69 Å². The number of aromatic nitrogens is 2. The number of aliphatic hydroxyl groups is 1. The molecule has 3 heterocycles. The third kappa shape index (κ3) is 3.66. The molecule has 1 atom stereocenters. The van der Waals surface area contributed by atoms with Gasteiger partial charge in [-0.05, 0) is 45.3 Å². The number of nitrogens with zero attached hydrogens (tertiary/aromatic N) is 4. The van der Waals surface area contributed by atoms with Gasteiger partial charge in [-0.15, -0.1) is 0 Å². The predicted octanol–water partition coefficient (Wildman–Crippen LogP) is 2.76. The second kappa shape index (κ2) is 8.23. The van der Waals surface area contributed by atoms with E-state index in [1.165, 1.54) is 17.4 Å². The van der Waals surface area contributed by atoms with E-state index in [4.69, 9.17) is 4.42 Å². The Morgan fingerprint density at radius 1 is 1.16 bits per heavy atom. The van der Waals surface area contributed by atoms with E-state index < -0.39 is 17.7 Å². The van der Waals surface area contributed by atoms with Crippen molar-refractivity contribution in [2.75, 3.05) is 27.2 Å². The molecule has 1 aromatic carbocycles. The van der Waals surface area contributed by atoms with Gasteiger partial charge in [-0.1, -0.05) is 18.2 Å². The van der Waals surface area contributed by atoms with E-state index in [1.807, 2.05) is 49.3 Å². The van der Waals surface area contributed by atoms with Gasteiger partial charge in [0.05, 0.1) is 35.0 Å². The second-order valence-corrected chi connectivity index (χ2v) is 7.70. The molecule has 31 heavy (non-hydrogen) atoms. The minimum Gasteiger partial charge on any atom is -0.507 e. The minimum absolute atomic E-state index is 0.00872. The van der Waals surface area contributed by atoms with Crippen LogP contribution in [-0.2, 0) is 9.59 Å². The molecule has 8 nitrogen and oxygen atoms in total. The summed E-state index contributed by atoms with van der Waals surface area (Å²) in [4.78, 5) is 29.2. The van der Waals surface area contributed by atoms with Crippen LogP contribution in [0, 0.1) is 6.92 Å². The molecular formula is C23H24N4O4. The van der Waals surface area contributed by atoms with Crippen molar-refractivity contribution in [1.82, 2.24) is 19.6 Å². The third-order valence-corrected chi connectivity index (χ3v) is 5.41. The summed E-state index contributed by atoms with van der Waals surface area (Å²) >= 11 is 0. The van der Waals surface area contributed by atoms with Crippen LogP contribution in [0.3, 0.4) is 0 Å². The van der Waals surface area contributed by atoms with Crippen molar-refractivity contribution in [3.63, 3.8) is 0 Å². The average Bonchev–Trinajstić information content (AvgIpc) is 3.47. The van der Waals surface area contributed by atoms with E-state index in [1.54, 1.807) is 23.7 Å². The van der Waals surface area contributed by atoms with Gasteiger partial charge in [-0.25, -0.2) is 4.68 Å². The maximum absolute atomic E-state index is 13.0. The fourth-order valence-corrected chi connectivity index (χ4v) is 3.78. The van der Waals surface area contributed by atoms with Crippen LogP contribution < -0.4 is 0 Å². The molecule has 2 aromatic heterocycles. The minimum atomic E-state index is -0.797. The first-order chi connectivity index (χ1) is 14.9. The molecule has 8 heteroatoms. The molecular weight excluding hydrogens is 396 g/mol. The molecule has 0 radical (unpaired) electrons. The van der Waals surface area contributed by atoms with E-state index in [-0.39, 0.29) is 11.3 Å². The summed E-state index contributed by atoms with van der Waals surface area (Å²) in [6.45, 7) is 2.69. The first-order valence-electron chi connectivity index (χ1n) is 9.97. The third-order valence-electron chi connectivity index (χ3n) is 5.41. The average molecular weight is 420 g/mol. The Morgan fingerprint density at radius 3 is 2.55 bits per heavy atom. The maximum atomic E-state index is 13.0. The Kier molecular flexibility index (Phi) is 5.48. The zero-order chi connectivity index (χ0) is 22.1. The van der Waals surface area contributed by atoms with Crippen LogP contribution in [0.25, 0.3) is 11.4 Å². The number of furan rings is 1. The first kappa shape index (κ1) is 20.6.